The minimum atomic E-state index is 0.745. The Bertz CT molecular complexity index is 161. The fourth-order valence-corrected chi connectivity index (χ4v) is 2.88. The van der Waals surface area contributed by atoms with Crippen LogP contribution in [0.3, 0.4) is 0 Å². The summed E-state index contributed by atoms with van der Waals surface area (Å²) >= 11 is 0. The summed E-state index contributed by atoms with van der Waals surface area (Å²) in [5.41, 5.74) is 2.27. The lowest BCUT2D eigenvalue weighted by molar-refractivity contribution is 0.201. The lowest BCUT2D eigenvalue weighted by Gasteiger charge is -2.32. The molecular weight excluding hydrogens is 132 g/mol. The van der Waals surface area contributed by atoms with Crippen molar-refractivity contribution in [2.24, 2.45) is 5.41 Å². The summed E-state index contributed by atoms with van der Waals surface area (Å²) < 4.78 is 0. The van der Waals surface area contributed by atoms with E-state index in [1.165, 1.54) is 56.9 Å². The van der Waals surface area contributed by atoms with E-state index in [4.69, 9.17) is 0 Å². The first kappa shape index (κ1) is 7.39. The van der Waals surface area contributed by atoms with Crippen LogP contribution in [0, 0.1) is 5.41 Å². The topological polar surface area (TPSA) is 0 Å². The molecule has 0 aromatic heterocycles. The molecule has 2 aliphatic carbocycles. The molecule has 0 saturated heterocycles. The first-order chi connectivity index (χ1) is 5.31. The average molecular weight is 150 g/mol. The van der Waals surface area contributed by atoms with Gasteiger partial charge in [0, 0.05) is 0 Å². The minimum absolute atomic E-state index is 0.745. The van der Waals surface area contributed by atoms with Gasteiger partial charge in [0.2, 0.25) is 0 Å². The van der Waals surface area contributed by atoms with E-state index >= 15 is 0 Å². The van der Waals surface area contributed by atoms with Crippen molar-refractivity contribution in [3.63, 3.8) is 0 Å². The summed E-state index contributed by atoms with van der Waals surface area (Å²) in [5.74, 6) is 0. The molecule has 62 valence electrons. The van der Waals surface area contributed by atoms with E-state index in [0.29, 0.717) is 0 Å². The third-order valence-corrected chi connectivity index (χ3v) is 3.55. The molecule has 0 N–H and O–H groups in total. The Balaban J connectivity index is 2.03. The van der Waals surface area contributed by atoms with E-state index in [9.17, 15) is 0 Å². The van der Waals surface area contributed by atoms with Crippen molar-refractivity contribution in [1.82, 2.24) is 0 Å². The van der Waals surface area contributed by atoms with Gasteiger partial charge in [0.05, 0.1) is 0 Å². The molecule has 2 fully saturated rings. The van der Waals surface area contributed by atoms with Gasteiger partial charge in [-0.2, -0.15) is 0 Å². The number of hydrogen-bond donors (Lipinski definition) is 0. The van der Waals surface area contributed by atoms with E-state index in [-0.39, 0.29) is 0 Å². The Morgan fingerprint density at radius 3 is 2.27 bits per heavy atom. The Morgan fingerprint density at radius 2 is 1.73 bits per heavy atom. The minimum Gasteiger partial charge on any atom is -0.0998 e. The van der Waals surface area contributed by atoms with Crippen molar-refractivity contribution in [2.45, 2.75) is 51.4 Å². The van der Waals surface area contributed by atoms with Gasteiger partial charge in [-0.25, -0.2) is 0 Å². The van der Waals surface area contributed by atoms with Crippen LogP contribution in [0.4, 0.5) is 0 Å². The molecule has 0 aliphatic heterocycles. The summed E-state index contributed by atoms with van der Waals surface area (Å²) in [6.45, 7) is 4.10. The van der Waals surface area contributed by atoms with Crippen molar-refractivity contribution in [2.75, 3.05) is 0 Å². The predicted octanol–water partition coefficient (Wildman–Crippen LogP) is 3.68. The van der Waals surface area contributed by atoms with Crippen LogP contribution in [-0.2, 0) is 0 Å². The monoisotopic (exact) mass is 150 g/mol. The molecule has 0 nitrogen and oxygen atoms in total. The molecule has 0 heterocycles. The maximum absolute atomic E-state index is 4.10. The predicted molar refractivity (Wildman–Crippen MR) is 48.5 cm³/mol. The SMILES string of the molecule is C=C1CCC2(CCCCC2)C1. The van der Waals surface area contributed by atoms with E-state index in [1.807, 2.05) is 0 Å². The highest BCUT2D eigenvalue weighted by Gasteiger charge is 2.36. The highest BCUT2D eigenvalue weighted by Crippen LogP contribution is 2.50. The molecular formula is C11H18. The fraction of sp³-hybridized carbons (Fsp3) is 0.818. The Labute approximate surface area is 69.7 Å². The van der Waals surface area contributed by atoms with Gasteiger partial charge < -0.3 is 0 Å². The number of allylic oxidation sites excluding steroid dienone is 1. The van der Waals surface area contributed by atoms with Crippen LogP contribution in [0.15, 0.2) is 12.2 Å². The molecule has 0 aromatic carbocycles. The molecule has 2 rings (SSSR count). The maximum Gasteiger partial charge on any atom is -0.0257 e. The highest BCUT2D eigenvalue weighted by atomic mass is 14.4. The summed E-state index contributed by atoms with van der Waals surface area (Å²) in [4.78, 5) is 0. The second kappa shape index (κ2) is 2.66. The zero-order chi connectivity index (χ0) is 7.73. The van der Waals surface area contributed by atoms with Gasteiger partial charge in [-0.05, 0) is 37.5 Å². The van der Waals surface area contributed by atoms with Crippen LogP contribution < -0.4 is 0 Å². The van der Waals surface area contributed by atoms with Gasteiger partial charge in [-0.1, -0.05) is 31.4 Å². The molecule has 0 atom stereocenters. The van der Waals surface area contributed by atoms with Crippen molar-refractivity contribution in [3.05, 3.63) is 12.2 Å². The average Bonchev–Trinajstić information content (AvgIpc) is 2.34. The quantitative estimate of drug-likeness (QED) is 0.462. The molecule has 0 radical (unpaired) electrons. The zero-order valence-corrected chi connectivity index (χ0v) is 7.36. The second-order valence-corrected chi connectivity index (χ2v) is 4.49. The van der Waals surface area contributed by atoms with Gasteiger partial charge in [0.1, 0.15) is 0 Å². The molecule has 11 heavy (non-hydrogen) atoms. The van der Waals surface area contributed by atoms with E-state index in [1.54, 1.807) is 0 Å². The summed E-state index contributed by atoms with van der Waals surface area (Å²) in [5, 5.41) is 0. The van der Waals surface area contributed by atoms with E-state index < -0.39 is 0 Å². The third-order valence-electron chi connectivity index (χ3n) is 3.55. The van der Waals surface area contributed by atoms with E-state index in [0.717, 1.165) is 5.41 Å². The van der Waals surface area contributed by atoms with Gasteiger partial charge in [0.25, 0.3) is 0 Å². The molecule has 1 spiro atoms. The molecule has 0 heteroatoms. The molecule has 0 aromatic rings. The summed E-state index contributed by atoms with van der Waals surface area (Å²) in [7, 11) is 0. The Morgan fingerprint density at radius 1 is 1.00 bits per heavy atom. The molecule has 2 aliphatic rings. The standard InChI is InChI=1S/C11H18/c1-10-5-8-11(9-10)6-3-2-4-7-11/h1-9H2. The summed E-state index contributed by atoms with van der Waals surface area (Å²) in [6.07, 6.45) is 11.5. The maximum atomic E-state index is 4.10. The van der Waals surface area contributed by atoms with Crippen molar-refractivity contribution >= 4 is 0 Å². The zero-order valence-electron chi connectivity index (χ0n) is 7.36. The van der Waals surface area contributed by atoms with Crippen LogP contribution in [0.25, 0.3) is 0 Å². The Kier molecular flexibility index (Phi) is 1.78. The van der Waals surface area contributed by atoms with Gasteiger partial charge in [-0.15, -0.1) is 0 Å². The van der Waals surface area contributed by atoms with Gasteiger partial charge in [-0.3, -0.25) is 0 Å². The Hall–Kier alpha value is -0.260. The molecule has 0 amide bonds. The largest absolute Gasteiger partial charge is 0.0998 e. The fourth-order valence-electron chi connectivity index (χ4n) is 2.88. The van der Waals surface area contributed by atoms with Crippen LogP contribution in [0.2, 0.25) is 0 Å². The van der Waals surface area contributed by atoms with Crippen LogP contribution in [0.1, 0.15) is 51.4 Å². The molecule has 0 bridgehead atoms. The number of hydrogen-bond acceptors (Lipinski definition) is 0. The lowest BCUT2D eigenvalue weighted by Crippen LogP contribution is -2.19. The first-order valence-corrected chi connectivity index (χ1v) is 4.97. The third kappa shape index (κ3) is 1.36. The van der Waals surface area contributed by atoms with Crippen LogP contribution in [0.5, 0.6) is 0 Å². The van der Waals surface area contributed by atoms with Gasteiger partial charge >= 0.3 is 0 Å². The smallest absolute Gasteiger partial charge is 0.0257 e. The van der Waals surface area contributed by atoms with Crippen molar-refractivity contribution in [1.29, 1.82) is 0 Å². The van der Waals surface area contributed by atoms with Gasteiger partial charge in [0.15, 0.2) is 0 Å². The second-order valence-electron chi connectivity index (χ2n) is 4.49. The molecule has 2 saturated carbocycles. The van der Waals surface area contributed by atoms with Crippen LogP contribution in [-0.4, -0.2) is 0 Å². The first-order valence-electron chi connectivity index (χ1n) is 4.97. The van der Waals surface area contributed by atoms with Crippen molar-refractivity contribution in [3.8, 4) is 0 Å². The normalized spacial score (nSPS) is 29.6. The highest BCUT2D eigenvalue weighted by molar-refractivity contribution is 5.08. The number of rotatable bonds is 0. The van der Waals surface area contributed by atoms with Crippen molar-refractivity contribution < 1.29 is 0 Å². The summed E-state index contributed by atoms with van der Waals surface area (Å²) in [6, 6.07) is 0. The molecule has 0 unspecified atom stereocenters. The lowest BCUT2D eigenvalue weighted by atomic mass is 9.73. The van der Waals surface area contributed by atoms with Crippen LogP contribution >= 0.6 is 0 Å². The van der Waals surface area contributed by atoms with E-state index in [2.05, 4.69) is 6.58 Å².